The number of hydrogen-bond donors (Lipinski definition) is 2. The maximum atomic E-state index is 11.7. The molecule has 3 nitrogen and oxygen atoms in total. The van der Waals surface area contributed by atoms with Crippen LogP contribution in [0.1, 0.15) is 40.7 Å². The molecule has 1 aromatic heterocycles. The largest absolute Gasteiger partial charge is 0.388 e. The van der Waals surface area contributed by atoms with E-state index < -0.39 is 5.60 Å². The first-order valence-corrected chi connectivity index (χ1v) is 6.54. The molecule has 1 saturated carbocycles. The van der Waals surface area contributed by atoms with Crippen LogP contribution in [0.4, 0.5) is 0 Å². The van der Waals surface area contributed by atoms with E-state index in [1.54, 1.807) is 0 Å². The van der Waals surface area contributed by atoms with Crippen LogP contribution in [0.15, 0.2) is 12.1 Å². The summed E-state index contributed by atoms with van der Waals surface area (Å²) in [7, 11) is 0. The summed E-state index contributed by atoms with van der Waals surface area (Å²) in [5, 5.41) is 12.6. The van der Waals surface area contributed by atoms with Crippen molar-refractivity contribution in [1.29, 1.82) is 0 Å². The number of rotatable bonds is 4. The van der Waals surface area contributed by atoms with Gasteiger partial charge in [-0.3, -0.25) is 4.79 Å². The van der Waals surface area contributed by atoms with Gasteiger partial charge in [-0.1, -0.05) is 6.92 Å². The zero-order valence-corrected chi connectivity index (χ0v) is 10.3. The van der Waals surface area contributed by atoms with Gasteiger partial charge in [-0.15, -0.1) is 11.3 Å². The predicted octanol–water partition coefficient (Wildman–Crippen LogP) is 1.96. The van der Waals surface area contributed by atoms with Crippen LogP contribution in [0.25, 0.3) is 0 Å². The first-order chi connectivity index (χ1) is 7.63. The van der Waals surface area contributed by atoms with Crippen molar-refractivity contribution in [2.24, 2.45) is 0 Å². The average Bonchev–Trinajstić information content (AvgIpc) is 2.71. The van der Waals surface area contributed by atoms with E-state index in [2.05, 4.69) is 12.2 Å². The van der Waals surface area contributed by atoms with Crippen LogP contribution >= 0.6 is 11.3 Å². The first-order valence-electron chi connectivity index (χ1n) is 5.72. The van der Waals surface area contributed by atoms with Crippen LogP contribution in [0, 0.1) is 0 Å². The second-order valence-electron chi connectivity index (χ2n) is 4.38. The molecule has 1 aliphatic carbocycles. The summed E-state index contributed by atoms with van der Waals surface area (Å²) in [6.45, 7) is 2.45. The second kappa shape index (κ2) is 4.55. The topological polar surface area (TPSA) is 49.3 Å². The molecule has 1 aromatic rings. The van der Waals surface area contributed by atoms with Crippen molar-refractivity contribution in [1.82, 2.24) is 5.32 Å². The molecule has 1 heterocycles. The van der Waals surface area contributed by atoms with Crippen LogP contribution in [-0.2, 0) is 6.42 Å². The third-order valence-corrected chi connectivity index (χ3v) is 4.32. The Balaban J connectivity index is 1.87. The molecule has 1 fully saturated rings. The number of carbonyl (C=O) groups is 1. The number of amides is 1. The molecule has 1 aliphatic rings. The van der Waals surface area contributed by atoms with Gasteiger partial charge in [0.15, 0.2) is 0 Å². The van der Waals surface area contributed by atoms with Crippen molar-refractivity contribution in [2.75, 3.05) is 6.54 Å². The fourth-order valence-electron chi connectivity index (χ4n) is 1.78. The van der Waals surface area contributed by atoms with E-state index in [0.717, 1.165) is 30.6 Å². The van der Waals surface area contributed by atoms with Gasteiger partial charge in [0.2, 0.25) is 0 Å². The maximum Gasteiger partial charge on any atom is 0.261 e. The maximum absolute atomic E-state index is 11.7. The molecule has 0 saturated heterocycles. The Morgan fingerprint density at radius 3 is 2.81 bits per heavy atom. The number of aliphatic hydroxyl groups is 1. The van der Waals surface area contributed by atoms with Crippen molar-refractivity contribution >= 4 is 17.2 Å². The van der Waals surface area contributed by atoms with E-state index in [1.807, 2.05) is 12.1 Å². The van der Waals surface area contributed by atoms with Gasteiger partial charge >= 0.3 is 0 Å². The molecule has 1 amide bonds. The number of hydrogen-bond acceptors (Lipinski definition) is 3. The number of aryl methyl sites for hydroxylation is 1. The summed E-state index contributed by atoms with van der Waals surface area (Å²) in [4.78, 5) is 13.7. The first kappa shape index (κ1) is 11.6. The fourth-order valence-corrected chi connectivity index (χ4v) is 2.65. The minimum absolute atomic E-state index is 0.0648. The number of nitrogens with one attached hydrogen (secondary N) is 1. The van der Waals surface area contributed by atoms with Gasteiger partial charge in [-0.25, -0.2) is 0 Å². The molecule has 88 valence electrons. The molecule has 0 aromatic carbocycles. The highest BCUT2D eigenvalue weighted by molar-refractivity contribution is 7.14. The normalized spacial score (nSPS) is 17.9. The highest BCUT2D eigenvalue weighted by Gasteiger charge is 2.34. The lowest BCUT2D eigenvalue weighted by atomic mass is 9.80. The molecule has 0 unspecified atom stereocenters. The molecule has 4 heteroatoms. The van der Waals surface area contributed by atoms with Gasteiger partial charge in [-0.2, -0.15) is 0 Å². The summed E-state index contributed by atoms with van der Waals surface area (Å²) < 4.78 is 0. The van der Waals surface area contributed by atoms with Crippen molar-refractivity contribution in [3.8, 4) is 0 Å². The molecule has 0 aliphatic heterocycles. The van der Waals surface area contributed by atoms with Crippen LogP contribution in [-0.4, -0.2) is 23.2 Å². The van der Waals surface area contributed by atoms with Crippen molar-refractivity contribution < 1.29 is 9.90 Å². The Labute approximate surface area is 99.5 Å². The Morgan fingerprint density at radius 2 is 2.31 bits per heavy atom. The minimum Gasteiger partial charge on any atom is -0.388 e. The monoisotopic (exact) mass is 239 g/mol. The van der Waals surface area contributed by atoms with Crippen molar-refractivity contribution in [3.63, 3.8) is 0 Å². The molecular formula is C12H17NO2S. The lowest BCUT2D eigenvalue weighted by Crippen LogP contribution is -2.47. The molecular weight excluding hydrogens is 222 g/mol. The number of thiophene rings is 1. The summed E-state index contributed by atoms with van der Waals surface area (Å²) >= 11 is 1.52. The minimum atomic E-state index is -0.638. The molecule has 0 bridgehead atoms. The Kier molecular flexibility index (Phi) is 3.30. The Hall–Kier alpha value is -0.870. The molecule has 2 rings (SSSR count). The zero-order valence-electron chi connectivity index (χ0n) is 9.45. The van der Waals surface area contributed by atoms with E-state index >= 15 is 0 Å². The van der Waals surface area contributed by atoms with Gasteiger partial charge < -0.3 is 10.4 Å². The molecule has 0 atom stereocenters. The fraction of sp³-hybridized carbons (Fsp3) is 0.583. The van der Waals surface area contributed by atoms with Gasteiger partial charge in [0.1, 0.15) is 0 Å². The highest BCUT2D eigenvalue weighted by Crippen LogP contribution is 2.30. The SMILES string of the molecule is CCc1ccc(C(=O)NCC2(O)CCC2)s1. The van der Waals surface area contributed by atoms with E-state index in [9.17, 15) is 9.90 Å². The van der Waals surface area contributed by atoms with Crippen LogP contribution in [0.3, 0.4) is 0 Å². The molecule has 2 N–H and O–H groups in total. The van der Waals surface area contributed by atoms with Crippen LogP contribution in [0.2, 0.25) is 0 Å². The van der Waals surface area contributed by atoms with Gasteiger partial charge in [-0.05, 0) is 37.8 Å². The van der Waals surface area contributed by atoms with E-state index in [-0.39, 0.29) is 5.91 Å². The summed E-state index contributed by atoms with van der Waals surface area (Å²) in [6.07, 6.45) is 3.63. The van der Waals surface area contributed by atoms with Crippen molar-refractivity contribution in [3.05, 3.63) is 21.9 Å². The third kappa shape index (κ3) is 2.44. The van der Waals surface area contributed by atoms with E-state index in [0.29, 0.717) is 6.54 Å². The third-order valence-electron chi connectivity index (χ3n) is 3.10. The molecule has 16 heavy (non-hydrogen) atoms. The summed E-state index contributed by atoms with van der Waals surface area (Å²) in [5.74, 6) is -0.0648. The molecule has 0 spiro atoms. The summed E-state index contributed by atoms with van der Waals surface area (Å²) in [6, 6.07) is 3.83. The zero-order chi connectivity index (χ0) is 11.6. The van der Waals surface area contributed by atoms with Crippen molar-refractivity contribution in [2.45, 2.75) is 38.2 Å². The Bertz CT molecular complexity index is 382. The van der Waals surface area contributed by atoms with Crippen LogP contribution < -0.4 is 5.32 Å². The van der Waals surface area contributed by atoms with Gasteiger partial charge in [0.05, 0.1) is 10.5 Å². The highest BCUT2D eigenvalue weighted by atomic mass is 32.1. The predicted molar refractivity (Wildman–Crippen MR) is 64.8 cm³/mol. The van der Waals surface area contributed by atoms with E-state index in [1.165, 1.54) is 16.2 Å². The lowest BCUT2D eigenvalue weighted by Gasteiger charge is -2.36. The molecule has 0 radical (unpaired) electrons. The van der Waals surface area contributed by atoms with Crippen LogP contribution in [0.5, 0.6) is 0 Å². The quantitative estimate of drug-likeness (QED) is 0.843. The van der Waals surface area contributed by atoms with E-state index in [4.69, 9.17) is 0 Å². The Morgan fingerprint density at radius 1 is 1.56 bits per heavy atom. The van der Waals surface area contributed by atoms with Gasteiger partial charge in [0.25, 0.3) is 5.91 Å². The second-order valence-corrected chi connectivity index (χ2v) is 5.55. The standard InChI is InChI=1S/C12H17NO2S/c1-2-9-4-5-10(16-9)11(14)13-8-12(15)6-3-7-12/h4-5,15H,2-3,6-8H2,1H3,(H,13,14). The average molecular weight is 239 g/mol. The lowest BCUT2D eigenvalue weighted by molar-refractivity contribution is -0.0300. The number of carbonyl (C=O) groups excluding carboxylic acids is 1. The van der Waals surface area contributed by atoms with Gasteiger partial charge in [0, 0.05) is 11.4 Å². The summed E-state index contributed by atoms with van der Waals surface area (Å²) in [5.41, 5.74) is -0.638. The smallest absolute Gasteiger partial charge is 0.261 e.